The van der Waals surface area contributed by atoms with Crippen LogP contribution in [0.25, 0.3) is 43.1 Å². The van der Waals surface area contributed by atoms with E-state index >= 15 is 0 Å². The molecule has 0 atom stereocenters. The third-order valence-electron chi connectivity index (χ3n) is 10.5. The van der Waals surface area contributed by atoms with Gasteiger partial charge >= 0.3 is 0 Å². The van der Waals surface area contributed by atoms with Crippen LogP contribution in [0, 0.1) is 76.2 Å². The van der Waals surface area contributed by atoms with Crippen LogP contribution < -0.4 is 0 Å². The zero-order valence-electron chi connectivity index (χ0n) is 24.8. The standard InChI is InChI=1S/C35H37N3/c1-14-15(2)17(4)30-22(9)33-25(20(7)29(30)16(14)3)12-27-28(33)13-26-21(8)32-24(11)35(37-38-36)19(6)18(5)31(32)23(10)34(26)27/h12-13H2,1-11H3. The fourth-order valence-electron chi connectivity index (χ4n) is 8.21. The summed E-state index contributed by atoms with van der Waals surface area (Å²) in [5.74, 6) is 0. The first-order valence-electron chi connectivity index (χ1n) is 13.8. The van der Waals surface area contributed by atoms with E-state index in [-0.39, 0.29) is 0 Å². The monoisotopic (exact) mass is 499 g/mol. The minimum Gasteiger partial charge on any atom is -0.0602 e. The molecule has 0 N–H and O–H groups in total. The van der Waals surface area contributed by atoms with Gasteiger partial charge in [-0.2, -0.15) is 0 Å². The molecule has 3 heteroatoms. The first kappa shape index (κ1) is 24.8. The van der Waals surface area contributed by atoms with Gasteiger partial charge in [0.05, 0.1) is 0 Å². The number of azide groups is 1. The van der Waals surface area contributed by atoms with E-state index in [1.165, 1.54) is 105 Å². The first-order chi connectivity index (χ1) is 17.9. The minimum atomic E-state index is 0.790. The van der Waals surface area contributed by atoms with E-state index in [0.29, 0.717) is 0 Å². The Morgan fingerprint density at radius 2 is 0.816 bits per heavy atom. The molecule has 0 spiro atoms. The largest absolute Gasteiger partial charge is 0.0602 e. The second kappa shape index (κ2) is 7.98. The Bertz CT molecular complexity index is 1910. The molecule has 0 unspecified atom stereocenters. The molecule has 2 aliphatic carbocycles. The first-order valence-corrected chi connectivity index (χ1v) is 13.8. The van der Waals surface area contributed by atoms with Crippen molar-refractivity contribution in [1.29, 1.82) is 0 Å². The molecule has 4 aromatic rings. The fourth-order valence-corrected chi connectivity index (χ4v) is 8.21. The quantitative estimate of drug-likeness (QED) is 0.142. The second-order valence-electron chi connectivity index (χ2n) is 11.9. The van der Waals surface area contributed by atoms with Gasteiger partial charge in [0.15, 0.2) is 0 Å². The van der Waals surface area contributed by atoms with E-state index in [0.717, 1.165) is 29.7 Å². The number of aryl methyl sites for hydroxylation is 8. The van der Waals surface area contributed by atoms with Crippen molar-refractivity contribution in [2.45, 2.75) is 89.0 Å². The molecule has 0 radical (unpaired) electrons. The maximum Gasteiger partial charge on any atom is 0.0442 e. The number of hydrogen-bond acceptors (Lipinski definition) is 1. The van der Waals surface area contributed by atoms with Crippen molar-refractivity contribution < 1.29 is 0 Å². The van der Waals surface area contributed by atoms with Crippen LogP contribution in [0.15, 0.2) is 5.11 Å². The van der Waals surface area contributed by atoms with Crippen molar-refractivity contribution >= 4 is 38.4 Å². The molecule has 0 fully saturated rings. The van der Waals surface area contributed by atoms with Crippen LogP contribution in [0.2, 0.25) is 0 Å². The Balaban J connectivity index is 1.69. The van der Waals surface area contributed by atoms with E-state index < -0.39 is 0 Å². The van der Waals surface area contributed by atoms with Gasteiger partial charge in [0.1, 0.15) is 0 Å². The molecule has 0 saturated carbocycles. The minimum absolute atomic E-state index is 0.790. The van der Waals surface area contributed by atoms with Crippen molar-refractivity contribution in [2.75, 3.05) is 0 Å². The number of rotatable bonds is 1. The van der Waals surface area contributed by atoms with Crippen molar-refractivity contribution in [3.05, 3.63) is 93.9 Å². The van der Waals surface area contributed by atoms with Gasteiger partial charge in [-0.25, -0.2) is 0 Å². The number of fused-ring (bicyclic) bond motifs is 6. The molecule has 0 aromatic heterocycles. The van der Waals surface area contributed by atoms with Gasteiger partial charge in [0.2, 0.25) is 0 Å². The summed E-state index contributed by atoms with van der Waals surface area (Å²) in [5, 5.41) is 9.67. The van der Waals surface area contributed by atoms with E-state index in [1.54, 1.807) is 0 Å². The van der Waals surface area contributed by atoms with Crippen LogP contribution in [0.3, 0.4) is 0 Å². The van der Waals surface area contributed by atoms with Gasteiger partial charge in [-0.3, -0.25) is 0 Å². The van der Waals surface area contributed by atoms with Crippen LogP contribution in [-0.2, 0) is 12.8 Å². The molecule has 0 saturated heterocycles. The fraction of sp³-hybridized carbons (Fsp3) is 0.371. The molecule has 192 valence electrons. The Morgan fingerprint density at radius 3 is 1.24 bits per heavy atom. The normalized spacial score (nSPS) is 13.9. The number of benzene rings is 4. The lowest BCUT2D eigenvalue weighted by Gasteiger charge is -2.24. The highest BCUT2D eigenvalue weighted by Gasteiger charge is 2.36. The van der Waals surface area contributed by atoms with Gasteiger partial charge < -0.3 is 0 Å². The molecule has 38 heavy (non-hydrogen) atoms. The van der Waals surface area contributed by atoms with Crippen molar-refractivity contribution in [3.8, 4) is 0 Å². The Hall–Kier alpha value is -3.55. The van der Waals surface area contributed by atoms with E-state index in [2.05, 4.69) is 86.2 Å². The summed E-state index contributed by atoms with van der Waals surface area (Å²) in [6, 6.07) is 0. The Labute approximate surface area is 226 Å². The SMILES string of the molecule is Cc1c(C)c(C)c2c(C)c3c(c(C)c2c1C)CC1=C3Cc2c1c(C)c1c(C)c(C)c(N=[N+]=[N-])c(C)c1c2C. The number of allylic oxidation sites excluding steroid dienone is 2. The summed E-state index contributed by atoms with van der Waals surface area (Å²) in [5.41, 5.74) is 33.9. The summed E-state index contributed by atoms with van der Waals surface area (Å²) in [7, 11) is 0. The maximum absolute atomic E-state index is 9.26. The maximum atomic E-state index is 9.26. The van der Waals surface area contributed by atoms with Crippen LogP contribution in [0.4, 0.5) is 5.69 Å². The molecule has 0 bridgehead atoms. The van der Waals surface area contributed by atoms with E-state index in [4.69, 9.17) is 0 Å². The van der Waals surface area contributed by atoms with Gasteiger partial charge in [-0.1, -0.05) is 5.11 Å². The van der Waals surface area contributed by atoms with Crippen LogP contribution in [0.1, 0.15) is 83.5 Å². The summed E-state index contributed by atoms with van der Waals surface area (Å²) >= 11 is 0. The summed E-state index contributed by atoms with van der Waals surface area (Å²) < 4.78 is 0. The summed E-state index contributed by atoms with van der Waals surface area (Å²) in [6.45, 7) is 24.9. The zero-order valence-corrected chi connectivity index (χ0v) is 24.8. The molecular weight excluding hydrogens is 462 g/mol. The highest BCUT2D eigenvalue weighted by atomic mass is 15.1. The van der Waals surface area contributed by atoms with Gasteiger partial charge in [0.25, 0.3) is 0 Å². The average molecular weight is 500 g/mol. The Kier molecular flexibility index (Phi) is 5.20. The van der Waals surface area contributed by atoms with Crippen molar-refractivity contribution in [2.24, 2.45) is 5.11 Å². The van der Waals surface area contributed by atoms with Crippen LogP contribution in [0.5, 0.6) is 0 Å². The second-order valence-corrected chi connectivity index (χ2v) is 11.9. The molecule has 2 aliphatic rings. The summed E-state index contributed by atoms with van der Waals surface area (Å²) in [6.07, 6.45) is 2.00. The van der Waals surface area contributed by atoms with Gasteiger partial charge in [-0.15, -0.1) is 0 Å². The third kappa shape index (κ3) is 2.78. The molecule has 0 aliphatic heterocycles. The van der Waals surface area contributed by atoms with Crippen LogP contribution >= 0.6 is 0 Å². The smallest absolute Gasteiger partial charge is 0.0442 e. The van der Waals surface area contributed by atoms with Gasteiger partial charge in [0, 0.05) is 10.6 Å². The molecule has 0 amide bonds. The third-order valence-corrected chi connectivity index (χ3v) is 10.5. The van der Waals surface area contributed by atoms with Crippen molar-refractivity contribution in [3.63, 3.8) is 0 Å². The lowest BCUT2D eigenvalue weighted by atomic mass is 9.80. The molecule has 3 nitrogen and oxygen atoms in total. The molecule has 6 rings (SSSR count). The highest BCUT2D eigenvalue weighted by molar-refractivity contribution is 6.12. The summed E-state index contributed by atoms with van der Waals surface area (Å²) in [4.78, 5) is 3.16. The number of nitrogens with zero attached hydrogens (tertiary/aromatic N) is 3. The highest BCUT2D eigenvalue weighted by Crippen LogP contribution is 2.54. The lowest BCUT2D eigenvalue weighted by Crippen LogP contribution is -2.06. The van der Waals surface area contributed by atoms with Crippen LogP contribution in [-0.4, -0.2) is 0 Å². The topological polar surface area (TPSA) is 48.8 Å². The predicted octanol–water partition coefficient (Wildman–Crippen LogP) is 10.4. The van der Waals surface area contributed by atoms with Gasteiger partial charge in [-0.05, 0) is 211 Å². The molecule has 0 heterocycles. The molecular formula is C35H37N3. The zero-order chi connectivity index (χ0) is 27.5. The number of hydrogen-bond donors (Lipinski definition) is 0. The predicted molar refractivity (Wildman–Crippen MR) is 163 cm³/mol. The molecule has 4 aromatic carbocycles. The van der Waals surface area contributed by atoms with E-state index in [1.807, 2.05) is 0 Å². The van der Waals surface area contributed by atoms with Crippen molar-refractivity contribution in [1.82, 2.24) is 0 Å². The average Bonchev–Trinajstić information content (AvgIpc) is 3.44. The Morgan fingerprint density at radius 1 is 0.447 bits per heavy atom. The van der Waals surface area contributed by atoms with E-state index in [9.17, 15) is 5.53 Å². The lowest BCUT2D eigenvalue weighted by molar-refractivity contribution is 1.17.